The standard InChI is InChI=1S/C20H28N4O2S/c1-15-3-2-4-17(13-15)20-14-19(21-22-20)16-5-7-18(8-6-16)23-27(25)24-9-11-26-12-10-24/h2-4,13-14,16,18,23H,5-12H2,1H3,(H,21,22). The molecule has 2 heterocycles. The number of hydrogen-bond donors (Lipinski definition) is 2. The normalized spacial score (nSPS) is 25.4. The highest BCUT2D eigenvalue weighted by Gasteiger charge is 2.26. The van der Waals surface area contributed by atoms with E-state index < -0.39 is 11.2 Å². The molecule has 2 aliphatic rings. The first-order valence-electron chi connectivity index (χ1n) is 9.82. The van der Waals surface area contributed by atoms with E-state index in [1.807, 2.05) is 4.31 Å². The second-order valence-corrected chi connectivity index (χ2v) is 8.79. The number of morpholine rings is 1. The Balaban J connectivity index is 1.31. The molecule has 0 bridgehead atoms. The third-order valence-corrected chi connectivity index (χ3v) is 6.92. The smallest absolute Gasteiger partial charge is 0.170 e. The summed E-state index contributed by atoms with van der Waals surface area (Å²) in [6.07, 6.45) is 4.26. The number of rotatable bonds is 5. The Morgan fingerprint density at radius 3 is 2.70 bits per heavy atom. The summed E-state index contributed by atoms with van der Waals surface area (Å²) >= 11 is -1.10. The average Bonchev–Trinajstić information content (AvgIpc) is 3.19. The van der Waals surface area contributed by atoms with Crippen LogP contribution in [0.3, 0.4) is 0 Å². The molecule has 146 valence electrons. The van der Waals surface area contributed by atoms with E-state index in [-0.39, 0.29) is 0 Å². The minimum atomic E-state index is -1.10. The third-order valence-electron chi connectivity index (χ3n) is 5.55. The van der Waals surface area contributed by atoms with E-state index in [2.05, 4.69) is 52.2 Å². The molecule has 1 aromatic heterocycles. The topological polar surface area (TPSA) is 70.2 Å². The van der Waals surface area contributed by atoms with Crippen LogP contribution in [0.5, 0.6) is 0 Å². The van der Waals surface area contributed by atoms with Gasteiger partial charge in [-0.05, 0) is 44.7 Å². The lowest BCUT2D eigenvalue weighted by atomic mass is 9.84. The highest BCUT2D eigenvalue weighted by Crippen LogP contribution is 2.33. The highest BCUT2D eigenvalue weighted by molar-refractivity contribution is 7.80. The Hall–Kier alpha value is -1.54. The van der Waals surface area contributed by atoms with Gasteiger partial charge in [-0.1, -0.05) is 23.8 Å². The van der Waals surface area contributed by atoms with Gasteiger partial charge in [0.05, 0.1) is 18.9 Å². The van der Waals surface area contributed by atoms with Gasteiger partial charge in [-0.15, -0.1) is 0 Å². The molecule has 7 heteroatoms. The fourth-order valence-corrected chi connectivity index (χ4v) is 5.10. The van der Waals surface area contributed by atoms with Crippen molar-refractivity contribution >= 4 is 11.2 Å². The fourth-order valence-electron chi connectivity index (χ4n) is 3.95. The molecule has 1 aromatic carbocycles. The number of H-pyrrole nitrogens is 1. The van der Waals surface area contributed by atoms with Crippen molar-refractivity contribution in [3.8, 4) is 11.3 Å². The molecule has 1 aliphatic heterocycles. The van der Waals surface area contributed by atoms with Crippen LogP contribution in [0.15, 0.2) is 30.3 Å². The molecule has 1 aliphatic carbocycles. The van der Waals surface area contributed by atoms with Gasteiger partial charge in [-0.25, -0.2) is 13.2 Å². The molecule has 1 saturated carbocycles. The quantitative estimate of drug-likeness (QED) is 0.827. The molecular weight excluding hydrogens is 360 g/mol. The predicted molar refractivity (Wildman–Crippen MR) is 107 cm³/mol. The van der Waals surface area contributed by atoms with E-state index in [0.717, 1.165) is 50.0 Å². The lowest BCUT2D eigenvalue weighted by molar-refractivity contribution is 0.0745. The van der Waals surface area contributed by atoms with Gasteiger partial charge in [0.15, 0.2) is 11.2 Å². The van der Waals surface area contributed by atoms with Crippen molar-refractivity contribution in [1.82, 2.24) is 19.2 Å². The summed E-state index contributed by atoms with van der Waals surface area (Å²) in [5.41, 5.74) is 4.65. The summed E-state index contributed by atoms with van der Waals surface area (Å²) in [5, 5.41) is 7.77. The van der Waals surface area contributed by atoms with Crippen LogP contribution in [0.25, 0.3) is 11.3 Å². The maximum absolute atomic E-state index is 12.5. The first kappa shape index (κ1) is 18.8. The molecule has 2 fully saturated rings. The predicted octanol–water partition coefficient (Wildman–Crippen LogP) is 2.91. The van der Waals surface area contributed by atoms with Gasteiger partial charge < -0.3 is 4.74 Å². The van der Waals surface area contributed by atoms with E-state index in [1.54, 1.807) is 0 Å². The monoisotopic (exact) mass is 388 g/mol. The highest BCUT2D eigenvalue weighted by atomic mass is 32.2. The van der Waals surface area contributed by atoms with Crippen molar-refractivity contribution in [2.75, 3.05) is 26.3 Å². The number of ether oxygens (including phenoxy) is 1. The summed E-state index contributed by atoms with van der Waals surface area (Å²) in [7, 11) is 0. The second kappa shape index (κ2) is 8.65. The van der Waals surface area contributed by atoms with Crippen molar-refractivity contribution in [2.24, 2.45) is 0 Å². The van der Waals surface area contributed by atoms with Crippen LogP contribution in [-0.2, 0) is 15.9 Å². The zero-order valence-electron chi connectivity index (χ0n) is 15.8. The van der Waals surface area contributed by atoms with Gasteiger partial charge >= 0.3 is 0 Å². The number of aromatic nitrogens is 2. The van der Waals surface area contributed by atoms with Gasteiger partial charge in [0.2, 0.25) is 0 Å². The Morgan fingerprint density at radius 1 is 1.19 bits per heavy atom. The number of aryl methyl sites for hydroxylation is 1. The van der Waals surface area contributed by atoms with Crippen LogP contribution in [0.2, 0.25) is 0 Å². The second-order valence-electron chi connectivity index (χ2n) is 7.53. The van der Waals surface area contributed by atoms with E-state index in [1.165, 1.54) is 11.3 Å². The molecule has 27 heavy (non-hydrogen) atoms. The lowest BCUT2D eigenvalue weighted by Gasteiger charge is -2.31. The van der Waals surface area contributed by atoms with Crippen molar-refractivity contribution in [2.45, 2.75) is 44.6 Å². The number of hydrogen-bond acceptors (Lipinski definition) is 3. The molecule has 6 nitrogen and oxygen atoms in total. The lowest BCUT2D eigenvalue weighted by Crippen LogP contribution is -2.46. The Bertz CT molecular complexity index is 780. The van der Waals surface area contributed by atoms with Crippen LogP contribution < -0.4 is 4.72 Å². The van der Waals surface area contributed by atoms with Crippen molar-refractivity contribution in [1.29, 1.82) is 0 Å². The van der Waals surface area contributed by atoms with Crippen molar-refractivity contribution in [3.63, 3.8) is 0 Å². The Kier molecular flexibility index (Phi) is 6.02. The molecule has 1 atom stereocenters. The number of nitrogens with zero attached hydrogens (tertiary/aromatic N) is 2. The summed E-state index contributed by atoms with van der Waals surface area (Å²) in [6, 6.07) is 11.0. The molecule has 2 aromatic rings. The maximum atomic E-state index is 12.5. The van der Waals surface area contributed by atoms with E-state index in [9.17, 15) is 4.21 Å². The van der Waals surface area contributed by atoms with Gasteiger partial charge in [0.25, 0.3) is 0 Å². The maximum Gasteiger partial charge on any atom is 0.170 e. The molecule has 0 radical (unpaired) electrons. The average molecular weight is 389 g/mol. The van der Waals surface area contributed by atoms with Gasteiger partial charge in [-0.3, -0.25) is 5.10 Å². The first-order valence-corrected chi connectivity index (χ1v) is 10.9. The summed E-state index contributed by atoms with van der Waals surface area (Å²) < 4.78 is 23.1. The summed E-state index contributed by atoms with van der Waals surface area (Å²) in [6.45, 7) is 4.92. The van der Waals surface area contributed by atoms with Gasteiger partial charge in [0.1, 0.15) is 0 Å². The summed E-state index contributed by atoms with van der Waals surface area (Å²) in [5.74, 6) is 0.505. The fraction of sp³-hybridized carbons (Fsp3) is 0.550. The zero-order valence-corrected chi connectivity index (χ0v) is 16.6. The third kappa shape index (κ3) is 4.66. The van der Waals surface area contributed by atoms with Crippen LogP contribution in [0, 0.1) is 6.92 Å². The zero-order chi connectivity index (χ0) is 18.6. The van der Waals surface area contributed by atoms with Crippen LogP contribution >= 0.6 is 0 Å². The minimum absolute atomic E-state index is 0.323. The molecule has 0 spiro atoms. The molecule has 4 rings (SSSR count). The number of benzene rings is 1. The minimum Gasteiger partial charge on any atom is -0.379 e. The van der Waals surface area contributed by atoms with Crippen LogP contribution in [0.4, 0.5) is 0 Å². The Labute approximate surface area is 163 Å². The van der Waals surface area contributed by atoms with Crippen molar-refractivity contribution in [3.05, 3.63) is 41.6 Å². The first-order chi connectivity index (χ1) is 13.2. The molecule has 2 N–H and O–H groups in total. The SMILES string of the molecule is Cc1cccc(-c2cc(C3CCC(NS(=O)N4CCOCC4)CC3)[nH]n2)c1. The van der Waals surface area contributed by atoms with Crippen LogP contribution in [0.1, 0.15) is 42.9 Å². The van der Waals surface area contributed by atoms with Crippen molar-refractivity contribution < 1.29 is 8.95 Å². The number of nitrogens with one attached hydrogen (secondary N) is 2. The van der Waals surface area contributed by atoms with Crippen LogP contribution in [-0.4, -0.2) is 51.1 Å². The molecule has 1 saturated heterocycles. The molecule has 1 unspecified atom stereocenters. The molecule has 0 amide bonds. The largest absolute Gasteiger partial charge is 0.379 e. The Morgan fingerprint density at radius 2 is 1.96 bits per heavy atom. The van der Waals surface area contributed by atoms with E-state index in [0.29, 0.717) is 25.2 Å². The molecular formula is C20H28N4O2S. The van der Waals surface area contributed by atoms with E-state index >= 15 is 0 Å². The summed E-state index contributed by atoms with van der Waals surface area (Å²) in [4.78, 5) is 0. The van der Waals surface area contributed by atoms with Gasteiger partial charge in [0, 0.05) is 36.3 Å². The van der Waals surface area contributed by atoms with E-state index in [4.69, 9.17) is 4.74 Å². The number of aromatic amines is 1. The van der Waals surface area contributed by atoms with Gasteiger partial charge in [-0.2, -0.15) is 5.10 Å².